The third kappa shape index (κ3) is 1.61. The Bertz CT molecular complexity index is 429. The van der Waals surface area contributed by atoms with E-state index in [9.17, 15) is 4.79 Å². The van der Waals surface area contributed by atoms with Gasteiger partial charge in [0.25, 0.3) is 0 Å². The summed E-state index contributed by atoms with van der Waals surface area (Å²) in [6, 6.07) is 5.16. The van der Waals surface area contributed by atoms with E-state index in [2.05, 4.69) is 9.99 Å². The van der Waals surface area contributed by atoms with Crippen LogP contribution < -0.4 is 0 Å². The Morgan fingerprint density at radius 1 is 1.36 bits per heavy atom. The number of hydrogen-bond acceptors (Lipinski definition) is 3. The van der Waals surface area contributed by atoms with E-state index in [0.29, 0.717) is 21.3 Å². The van der Waals surface area contributed by atoms with Gasteiger partial charge in [-0.05, 0) is 6.07 Å². The average Bonchev–Trinajstić information content (AvgIpc) is 2.57. The van der Waals surface area contributed by atoms with Gasteiger partial charge in [0, 0.05) is 5.56 Å². The van der Waals surface area contributed by atoms with Crippen LogP contribution in [0.2, 0.25) is 10.0 Å². The molecule has 2 rings (SSSR count). The van der Waals surface area contributed by atoms with Crippen molar-refractivity contribution in [3.63, 3.8) is 0 Å². The second-order valence-electron chi connectivity index (χ2n) is 2.78. The van der Waals surface area contributed by atoms with E-state index < -0.39 is 0 Å². The van der Waals surface area contributed by atoms with Gasteiger partial charge < -0.3 is 4.84 Å². The predicted octanol–water partition coefficient (Wildman–Crippen LogP) is 2.64. The maximum Gasteiger partial charge on any atom is 0.341 e. The van der Waals surface area contributed by atoms with Crippen molar-refractivity contribution in [3.8, 4) is 0 Å². The van der Waals surface area contributed by atoms with E-state index in [1.165, 1.54) is 0 Å². The summed E-state index contributed by atoms with van der Waals surface area (Å²) < 4.78 is 0. The Morgan fingerprint density at radius 2 is 2.14 bits per heavy atom. The quantitative estimate of drug-likeness (QED) is 0.695. The second kappa shape index (κ2) is 3.59. The molecular weight excluding hydrogens is 225 g/mol. The van der Waals surface area contributed by atoms with Crippen molar-refractivity contribution in [2.75, 3.05) is 0 Å². The Morgan fingerprint density at radius 3 is 2.79 bits per heavy atom. The van der Waals surface area contributed by atoms with Crippen LogP contribution in [-0.4, -0.2) is 11.7 Å². The third-order valence-corrected chi connectivity index (χ3v) is 2.65. The Hall–Kier alpha value is -1.06. The molecule has 1 heterocycles. The molecule has 0 fully saturated rings. The van der Waals surface area contributed by atoms with Crippen LogP contribution in [0, 0.1) is 0 Å². The first-order valence-corrected chi connectivity index (χ1v) is 4.65. The average molecular weight is 230 g/mol. The number of oxime groups is 1. The smallest absolute Gasteiger partial charge is 0.318 e. The van der Waals surface area contributed by atoms with E-state index in [4.69, 9.17) is 23.2 Å². The maximum atomic E-state index is 10.8. The lowest BCUT2D eigenvalue weighted by Crippen LogP contribution is -2.01. The summed E-state index contributed by atoms with van der Waals surface area (Å²) in [6.07, 6.45) is 0.139. The molecule has 0 spiro atoms. The van der Waals surface area contributed by atoms with Crippen molar-refractivity contribution in [1.82, 2.24) is 0 Å². The lowest BCUT2D eigenvalue weighted by Gasteiger charge is -2.02. The van der Waals surface area contributed by atoms with Gasteiger partial charge in [-0.1, -0.05) is 40.5 Å². The molecule has 1 aromatic rings. The fraction of sp³-hybridized carbons (Fsp3) is 0.111. The Labute approximate surface area is 90.3 Å². The van der Waals surface area contributed by atoms with Gasteiger partial charge >= 0.3 is 5.97 Å². The van der Waals surface area contributed by atoms with E-state index in [-0.39, 0.29) is 12.4 Å². The highest BCUT2D eigenvalue weighted by atomic mass is 35.5. The molecule has 0 radical (unpaired) electrons. The molecule has 14 heavy (non-hydrogen) atoms. The van der Waals surface area contributed by atoms with Gasteiger partial charge in [0.2, 0.25) is 0 Å². The Kier molecular flexibility index (Phi) is 2.44. The van der Waals surface area contributed by atoms with Crippen LogP contribution in [0.5, 0.6) is 0 Å². The van der Waals surface area contributed by atoms with Crippen molar-refractivity contribution in [3.05, 3.63) is 33.8 Å². The number of hydrogen-bond donors (Lipinski definition) is 0. The molecule has 0 N–H and O–H groups in total. The van der Waals surface area contributed by atoms with E-state index in [1.54, 1.807) is 18.2 Å². The highest BCUT2D eigenvalue weighted by Gasteiger charge is 2.21. The third-order valence-electron chi connectivity index (χ3n) is 1.83. The summed E-state index contributed by atoms with van der Waals surface area (Å²) in [5.41, 5.74) is 1.16. The van der Waals surface area contributed by atoms with Crippen LogP contribution in [0.15, 0.2) is 23.4 Å². The molecule has 0 amide bonds. The number of carbonyl (C=O) groups excluding carboxylic acids is 1. The Balaban J connectivity index is 2.42. The first-order valence-electron chi connectivity index (χ1n) is 3.89. The zero-order valence-corrected chi connectivity index (χ0v) is 8.47. The van der Waals surface area contributed by atoms with Gasteiger partial charge in [0.1, 0.15) is 5.71 Å². The molecule has 0 aromatic heterocycles. The topological polar surface area (TPSA) is 38.7 Å². The summed E-state index contributed by atoms with van der Waals surface area (Å²) in [6.45, 7) is 0. The monoisotopic (exact) mass is 229 g/mol. The summed E-state index contributed by atoms with van der Waals surface area (Å²) in [5.74, 6) is -0.379. The fourth-order valence-electron chi connectivity index (χ4n) is 1.18. The number of rotatable bonds is 1. The lowest BCUT2D eigenvalue weighted by atomic mass is 10.1. The molecule has 1 aliphatic rings. The molecule has 5 heteroatoms. The molecule has 0 saturated heterocycles. The standard InChI is InChI=1S/C9H5Cl2NO2/c10-6-3-1-2-5(9(6)11)7-4-8(13)14-12-7/h1-3H,4H2. The first kappa shape index (κ1) is 9.49. The van der Waals surface area contributed by atoms with Crippen molar-refractivity contribution in [2.45, 2.75) is 6.42 Å². The lowest BCUT2D eigenvalue weighted by molar-refractivity contribution is -0.140. The van der Waals surface area contributed by atoms with Gasteiger partial charge in [-0.25, -0.2) is 4.79 Å². The minimum Gasteiger partial charge on any atom is -0.318 e. The SMILES string of the molecule is O=C1CC(c2cccc(Cl)c2Cl)=NO1. The number of benzene rings is 1. The van der Waals surface area contributed by atoms with Crippen molar-refractivity contribution >= 4 is 34.9 Å². The number of nitrogens with zero attached hydrogens (tertiary/aromatic N) is 1. The molecule has 0 aliphatic carbocycles. The predicted molar refractivity (Wildman–Crippen MR) is 53.7 cm³/mol. The summed E-state index contributed by atoms with van der Waals surface area (Å²) in [5, 5.41) is 4.44. The number of carbonyl (C=O) groups is 1. The van der Waals surface area contributed by atoms with E-state index >= 15 is 0 Å². The summed E-state index contributed by atoms with van der Waals surface area (Å²) in [4.78, 5) is 15.3. The van der Waals surface area contributed by atoms with Gasteiger partial charge in [-0.2, -0.15) is 0 Å². The van der Waals surface area contributed by atoms with Gasteiger partial charge in [-0.3, -0.25) is 0 Å². The largest absolute Gasteiger partial charge is 0.341 e. The maximum absolute atomic E-state index is 10.8. The molecule has 0 atom stereocenters. The molecule has 0 unspecified atom stereocenters. The zero-order valence-electron chi connectivity index (χ0n) is 6.96. The summed E-state index contributed by atoms with van der Waals surface area (Å²) >= 11 is 11.8. The van der Waals surface area contributed by atoms with Crippen LogP contribution in [-0.2, 0) is 9.63 Å². The normalized spacial score (nSPS) is 15.3. The molecule has 0 bridgehead atoms. The zero-order chi connectivity index (χ0) is 10.1. The summed E-state index contributed by atoms with van der Waals surface area (Å²) in [7, 11) is 0. The molecular formula is C9H5Cl2NO2. The highest BCUT2D eigenvalue weighted by Crippen LogP contribution is 2.27. The number of halogens is 2. The van der Waals surface area contributed by atoms with Gasteiger partial charge in [-0.15, -0.1) is 0 Å². The molecule has 3 nitrogen and oxygen atoms in total. The van der Waals surface area contributed by atoms with Gasteiger partial charge in [0.15, 0.2) is 0 Å². The van der Waals surface area contributed by atoms with E-state index in [0.717, 1.165) is 0 Å². The van der Waals surface area contributed by atoms with Gasteiger partial charge in [0.05, 0.1) is 16.5 Å². The molecule has 1 aliphatic heterocycles. The van der Waals surface area contributed by atoms with Crippen molar-refractivity contribution in [2.24, 2.45) is 5.16 Å². The van der Waals surface area contributed by atoms with Crippen LogP contribution in [0.1, 0.15) is 12.0 Å². The van der Waals surface area contributed by atoms with Crippen molar-refractivity contribution < 1.29 is 9.63 Å². The van der Waals surface area contributed by atoms with Crippen LogP contribution in [0.4, 0.5) is 0 Å². The van der Waals surface area contributed by atoms with E-state index in [1.807, 2.05) is 0 Å². The molecule has 0 saturated carbocycles. The second-order valence-corrected chi connectivity index (χ2v) is 3.56. The van der Waals surface area contributed by atoms with Crippen LogP contribution in [0.25, 0.3) is 0 Å². The molecule has 1 aromatic carbocycles. The molecule has 72 valence electrons. The fourth-order valence-corrected chi connectivity index (χ4v) is 1.59. The minimum atomic E-state index is -0.379. The first-order chi connectivity index (χ1) is 6.68. The minimum absolute atomic E-state index is 0.139. The van der Waals surface area contributed by atoms with Crippen molar-refractivity contribution in [1.29, 1.82) is 0 Å². The van der Waals surface area contributed by atoms with Crippen LogP contribution in [0.3, 0.4) is 0 Å². The highest BCUT2D eigenvalue weighted by molar-refractivity contribution is 6.44. The van der Waals surface area contributed by atoms with Crippen LogP contribution >= 0.6 is 23.2 Å².